The first-order valence-electron chi connectivity index (χ1n) is 12.8. The molecule has 0 spiro atoms. The standard InChI is InChI=1S/C29H34N6O/c1-28(2)13-20(14-29(3,4)34-28)35-15-23(24-25(30)31-16-32-26(24)35)18-8-11-21-17(12-18)6-5-7-22(21)27(36)33-19-9-10-19/h5-8,11-12,15-16,19-20,34H,9-10,13-14H2,1-4H3,(H,33,36)(H2,30,31,32). The Labute approximate surface area is 211 Å². The number of amides is 1. The lowest BCUT2D eigenvalue weighted by molar-refractivity contribution is 0.0952. The summed E-state index contributed by atoms with van der Waals surface area (Å²) in [5, 5.41) is 9.75. The number of carbonyl (C=O) groups excluding carboxylic acids is 1. The Morgan fingerprint density at radius 1 is 1.08 bits per heavy atom. The second kappa shape index (κ2) is 8.03. The zero-order valence-electron chi connectivity index (χ0n) is 21.4. The van der Waals surface area contributed by atoms with Crippen LogP contribution in [0, 0.1) is 0 Å². The summed E-state index contributed by atoms with van der Waals surface area (Å²) in [5.74, 6) is 0.486. The number of nitrogens with zero attached hydrogens (tertiary/aromatic N) is 3. The van der Waals surface area contributed by atoms with E-state index in [9.17, 15) is 4.79 Å². The SMILES string of the molecule is CC1(C)CC(n2cc(-c3ccc4c(C(=O)NC5CC5)cccc4c3)c3c(N)ncnc32)CC(C)(C)N1. The molecular weight excluding hydrogens is 448 g/mol. The Morgan fingerprint density at radius 3 is 2.56 bits per heavy atom. The van der Waals surface area contributed by atoms with E-state index >= 15 is 0 Å². The van der Waals surface area contributed by atoms with Gasteiger partial charge in [-0.15, -0.1) is 0 Å². The van der Waals surface area contributed by atoms with Crippen LogP contribution in [0.2, 0.25) is 0 Å². The van der Waals surface area contributed by atoms with E-state index in [-0.39, 0.29) is 23.0 Å². The summed E-state index contributed by atoms with van der Waals surface area (Å²) in [5.41, 5.74) is 10.1. The predicted molar refractivity (Wildman–Crippen MR) is 145 cm³/mol. The first kappa shape index (κ1) is 23.0. The molecule has 1 aliphatic heterocycles. The molecule has 186 valence electrons. The van der Waals surface area contributed by atoms with Gasteiger partial charge in [0.25, 0.3) is 5.91 Å². The molecule has 1 aliphatic carbocycles. The molecular formula is C29H34N6O. The quantitative estimate of drug-likeness (QED) is 0.371. The molecule has 0 atom stereocenters. The van der Waals surface area contributed by atoms with E-state index in [2.05, 4.69) is 72.3 Å². The van der Waals surface area contributed by atoms with Crippen LogP contribution in [0.25, 0.3) is 32.9 Å². The molecule has 1 saturated carbocycles. The third-order valence-corrected chi connectivity index (χ3v) is 7.55. The molecule has 2 aromatic heterocycles. The van der Waals surface area contributed by atoms with Crippen molar-refractivity contribution in [2.75, 3.05) is 5.73 Å². The van der Waals surface area contributed by atoms with Gasteiger partial charge in [0.1, 0.15) is 17.8 Å². The summed E-state index contributed by atoms with van der Waals surface area (Å²) in [6, 6.07) is 12.8. The number of piperidine rings is 1. The fourth-order valence-corrected chi connectivity index (χ4v) is 6.21. The van der Waals surface area contributed by atoms with Crippen LogP contribution in [0.5, 0.6) is 0 Å². The van der Waals surface area contributed by atoms with Crippen LogP contribution in [-0.4, -0.2) is 37.6 Å². The van der Waals surface area contributed by atoms with Gasteiger partial charge in [-0.1, -0.05) is 24.3 Å². The smallest absolute Gasteiger partial charge is 0.252 e. The zero-order valence-corrected chi connectivity index (χ0v) is 21.4. The molecule has 1 saturated heterocycles. The molecule has 0 bridgehead atoms. The van der Waals surface area contributed by atoms with Gasteiger partial charge < -0.3 is 20.9 Å². The summed E-state index contributed by atoms with van der Waals surface area (Å²) >= 11 is 0. The first-order valence-corrected chi connectivity index (χ1v) is 12.8. The van der Waals surface area contributed by atoms with Gasteiger partial charge in [-0.05, 0) is 81.8 Å². The summed E-state index contributed by atoms with van der Waals surface area (Å²) in [4.78, 5) is 21.8. The van der Waals surface area contributed by atoms with E-state index in [0.717, 1.165) is 64.2 Å². The lowest BCUT2D eigenvalue weighted by atomic mass is 9.79. The Morgan fingerprint density at radius 2 is 1.83 bits per heavy atom. The average Bonchev–Trinajstić information content (AvgIpc) is 3.52. The monoisotopic (exact) mass is 482 g/mol. The van der Waals surface area contributed by atoms with Gasteiger partial charge in [0, 0.05) is 40.5 Å². The fraction of sp³-hybridized carbons (Fsp3) is 0.414. The first-order chi connectivity index (χ1) is 17.1. The van der Waals surface area contributed by atoms with E-state index in [1.54, 1.807) is 6.33 Å². The van der Waals surface area contributed by atoms with Crippen molar-refractivity contribution in [3.63, 3.8) is 0 Å². The Bertz CT molecular complexity index is 1480. The average molecular weight is 483 g/mol. The number of nitrogens with one attached hydrogen (secondary N) is 2. The fourth-order valence-electron chi connectivity index (χ4n) is 6.21. The highest BCUT2D eigenvalue weighted by Gasteiger charge is 2.39. The van der Waals surface area contributed by atoms with Crippen LogP contribution in [0.4, 0.5) is 5.82 Å². The highest BCUT2D eigenvalue weighted by molar-refractivity contribution is 6.09. The number of hydrogen-bond acceptors (Lipinski definition) is 5. The highest BCUT2D eigenvalue weighted by atomic mass is 16.1. The van der Waals surface area contributed by atoms with E-state index in [4.69, 9.17) is 10.7 Å². The molecule has 0 radical (unpaired) electrons. The molecule has 2 aliphatic rings. The van der Waals surface area contributed by atoms with Crippen LogP contribution in [-0.2, 0) is 0 Å². The van der Waals surface area contributed by atoms with Crippen molar-refractivity contribution in [1.29, 1.82) is 0 Å². The van der Waals surface area contributed by atoms with Crippen LogP contribution in [0.3, 0.4) is 0 Å². The number of fused-ring (bicyclic) bond motifs is 2. The summed E-state index contributed by atoms with van der Waals surface area (Å²) < 4.78 is 2.30. The van der Waals surface area contributed by atoms with E-state index in [0.29, 0.717) is 11.9 Å². The minimum absolute atomic E-state index is 0.00114. The van der Waals surface area contributed by atoms with Crippen molar-refractivity contribution in [2.24, 2.45) is 0 Å². The second-order valence-corrected chi connectivity index (χ2v) is 11.9. The lowest BCUT2D eigenvalue weighted by Gasteiger charge is -2.47. The number of anilines is 1. The summed E-state index contributed by atoms with van der Waals surface area (Å²) in [7, 11) is 0. The van der Waals surface area contributed by atoms with E-state index in [1.807, 2.05) is 18.2 Å². The van der Waals surface area contributed by atoms with Crippen molar-refractivity contribution in [3.8, 4) is 11.1 Å². The Kier molecular flexibility index (Phi) is 5.13. The third kappa shape index (κ3) is 4.11. The van der Waals surface area contributed by atoms with Crippen LogP contribution < -0.4 is 16.4 Å². The molecule has 4 N–H and O–H groups in total. The Balaban J connectivity index is 1.46. The summed E-state index contributed by atoms with van der Waals surface area (Å²) in [6.07, 6.45) is 7.86. The maximum atomic E-state index is 12.8. The van der Waals surface area contributed by atoms with Crippen molar-refractivity contribution < 1.29 is 4.79 Å². The summed E-state index contributed by atoms with van der Waals surface area (Å²) in [6.45, 7) is 9.04. The molecule has 3 heterocycles. The number of rotatable bonds is 4. The number of nitrogens with two attached hydrogens (primary N) is 1. The van der Waals surface area contributed by atoms with Crippen molar-refractivity contribution in [3.05, 3.63) is 54.5 Å². The minimum Gasteiger partial charge on any atom is -0.383 e. The largest absolute Gasteiger partial charge is 0.383 e. The second-order valence-electron chi connectivity index (χ2n) is 11.9. The molecule has 6 rings (SSSR count). The van der Waals surface area contributed by atoms with Crippen LogP contribution >= 0.6 is 0 Å². The highest BCUT2D eigenvalue weighted by Crippen LogP contribution is 2.41. The molecule has 0 unspecified atom stereocenters. The van der Waals surface area contributed by atoms with Gasteiger partial charge in [-0.25, -0.2) is 9.97 Å². The minimum atomic E-state index is 0.00114. The van der Waals surface area contributed by atoms with E-state index < -0.39 is 0 Å². The topological polar surface area (TPSA) is 97.9 Å². The maximum absolute atomic E-state index is 12.8. The number of carbonyl (C=O) groups is 1. The van der Waals surface area contributed by atoms with Crippen molar-refractivity contribution >= 4 is 33.5 Å². The van der Waals surface area contributed by atoms with Gasteiger partial charge in [-0.3, -0.25) is 4.79 Å². The van der Waals surface area contributed by atoms with Gasteiger partial charge >= 0.3 is 0 Å². The molecule has 7 heteroatoms. The maximum Gasteiger partial charge on any atom is 0.252 e. The molecule has 2 fully saturated rings. The lowest BCUT2D eigenvalue weighted by Crippen LogP contribution is -2.57. The normalized spacial score (nSPS) is 19.6. The van der Waals surface area contributed by atoms with Gasteiger partial charge in [-0.2, -0.15) is 0 Å². The molecule has 2 aromatic carbocycles. The predicted octanol–water partition coefficient (Wildman–Crippen LogP) is 5.21. The molecule has 1 amide bonds. The van der Waals surface area contributed by atoms with Crippen LogP contribution in [0.15, 0.2) is 48.9 Å². The van der Waals surface area contributed by atoms with Crippen molar-refractivity contribution in [1.82, 2.24) is 25.2 Å². The van der Waals surface area contributed by atoms with Gasteiger partial charge in [0.2, 0.25) is 0 Å². The van der Waals surface area contributed by atoms with E-state index in [1.165, 1.54) is 0 Å². The zero-order chi connectivity index (χ0) is 25.2. The molecule has 4 aromatic rings. The number of aromatic nitrogens is 3. The number of nitrogen functional groups attached to an aromatic ring is 1. The van der Waals surface area contributed by atoms with Gasteiger partial charge in [0.15, 0.2) is 0 Å². The number of hydrogen-bond donors (Lipinski definition) is 3. The molecule has 36 heavy (non-hydrogen) atoms. The van der Waals surface area contributed by atoms with Crippen LogP contribution in [0.1, 0.15) is 69.8 Å². The third-order valence-electron chi connectivity index (χ3n) is 7.55. The van der Waals surface area contributed by atoms with Crippen molar-refractivity contribution in [2.45, 2.75) is 76.5 Å². The van der Waals surface area contributed by atoms with Gasteiger partial charge in [0.05, 0.1) is 5.39 Å². The molecule has 7 nitrogen and oxygen atoms in total. The Hall–Kier alpha value is -3.45. The number of benzene rings is 2.